The van der Waals surface area contributed by atoms with Crippen LogP contribution in [0.15, 0.2) is 140 Å². The molecule has 0 bridgehead atoms. The highest BCUT2D eigenvalue weighted by Gasteiger charge is 2.22. The monoisotopic (exact) mass is 493 g/mol. The lowest BCUT2D eigenvalue weighted by Crippen LogP contribution is -1.95. The van der Waals surface area contributed by atoms with Gasteiger partial charge >= 0.3 is 0 Å². The Balaban J connectivity index is 1.32. The zero-order valence-corrected chi connectivity index (χ0v) is 21.2. The Morgan fingerprint density at radius 1 is 0.359 bits per heavy atom. The summed E-state index contributed by atoms with van der Waals surface area (Å²) in [6.45, 7) is 0. The number of nitrogens with zero attached hydrogens (tertiary/aromatic N) is 1. The van der Waals surface area contributed by atoms with Gasteiger partial charge in [0, 0.05) is 16.2 Å². The van der Waals surface area contributed by atoms with Crippen LogP contribution < -0.4 is 0 Å². The first-order chi connectivity index (χ1) is 19.4. The minimum Gasteiger partial charge on any atom is -0.309 e. The maximum atomic E-state index is 2.43. The van der Waals surface area contributed by atoms with Crippen molar-refractivity contribution < 1.29 is 0 Å². The maximum Gasteiger partial charge on any atom is 0.0541 e. The molecule has 1 heterocycles. The third kappa shape index (κ3) is 2.79. The molecule has 1 aliphatic carbocycles. The lowest BCUT2D eigenvalue weighted by atomic mass is 9.93. The summed E-state index contributed by atoms with van der Waals surface area (Å²) in [5.74, 6) is 0. The Hall–Kier alpha value is -5.14. The Morgan fingerprint density at radius 3 is 1.87 bits per heavy atom. The number of hydrogen-bond donors (Lipinski definition) is 0. The summed E-state index contributed by atoms with van der Waals surface area (Å²) in [4.78, 5) is 0. The van der Waals surface area contributed by atoms with Gasteiger partial charge in [0.15, 0.2) is 0 Å². The van der Waals surface area contributed by atoms with Gasteiger partial charge in [-0.1, -0.05) is 115 Å². The van der Waals surface area contributed by atoms with Gasteiger partial charge in [0.1, 0.15) is 0 Å². The quantitative estimate of drug-likeness (QED) is 0.226. The van der Waals surface area contributed by atoms with Gasteiger partial charge in [-0.15, -0.1) is 0 Å². The van der Waals surface area contributed by atoms with Crippen molar-refractivity contribution in [3.8, 4) is 39.1 Å². The van der Waals surface area contributed by atoms with Crippen molar-refractivity contribution >= 4 is 43.4 Å². The van der Waals surface area contributed by atoms with E-state index in [9.17, 15) is 0 Å². The van der Waals surface area contributed by atoms with Gasteiger partial charge in [0.25, 0.3) is 0 Å². The molecule has 39 heavy (non-hydrogen) atoms. The number of fused-ring (bicyclic) bond motifs is 7. The van der Waals surface area contributed by atoms with E-state index in [-0.39, 0.29) is 0 Å². The van der Waals surface area contributed by atoms with Gasteiger partial charge in [-0.25, -0.2) is 0 Å². The first kappa shape index (κ1) is 20.9. The van der Waals surface area contributed by atoms with Crippen LogP contribution in [-0.4, -0.2) is 4.57 Å². The molecule has 8 aromatic rings. The molecular formula is C38H23N. The molecule has 0 amide bonds. The Kier molecular flexibility index (Phi) is 4.11. The predicted octanol–water partition coefficient (Wildman–Crippen LogP) is 10.4. The van der Waals surface area contributed by atoms with Crippen LogP contribution in [0.25, 0.3) is 82.4 Å². The molecule has 0 spiro atoms. The molecule has 0 radical (unpaired) electrons. The van der Waals surface area contributed by atoms with Crippen molar-refractivity contribution in [2.45, 2.75) is 0 Å². The molecule has 0 atom stereocenters. The summed E-state index contributed by atoms with van der Waals surface area (Å²) in [5, 5.41) is 7.77. The van der Waals surface area contributed by atoms with E-state index in [1.54, 1.807) is 0 Å². The Bertz CT molecular complexity index is 2250. The second-order valence-electron chi connectivity index (χ2n) is 10.5. The second kappa shape index (κ2) is 7.69. The molecule has 0 aliphatic heterocycles. The van der Waals surface area contributed by atoms with Gasteiger partial charge in [0.2, 0.25) is 0 Å². The highest BCUT2D eigenvalue weighted by atomic mass is 15.0. The fraction of sp³-hybridized carbons (Fsp3) is 0. The van der Waals surface area contributed by atoms with Gasteiger partial charge < -0.3 is 4.57 Å². The van der Waals surface area contributed by atoms with Crippen LogP contribution in [0.5, 0.6) is 0 Å². The van der Waals surface area contributed by atoms with E-state index in [0.29, 0.717) is 0 Å². The van der Waals surface area contributed by atoms with E-state index in [2.05, 4.69) is 144 Å². The average molecular weight is 494 g/mol. The number of aromatic nitrogens is 1. The lowest BCUT2D eigenvalue weighted by molar-refractivity contribution is 1.20. The highest BCUT2D eigenvalue weighted by molar-refractivity contribution is 6.19. The largest absolute Gasteiger partial charge is 0.309 e. The van der Waals surface area contributed by atoms with Crippen LogP contribution >= 0.6 is 0 Å². The number of hydrogen-bond acceptors (Lipinski definition) is 0. The van der Waals surface area contributed by atoms with E-state index in [4.69, 9.17) is 0 Å². The van der Waals surface area contributed by atoms with Crippen LogP contribution in [0.4, 0.5) is 0 Å². The van der Waals surface area contributed by atoms with Crippen LogP contribution in [0.2, 0.25) is 0 Å². The molecule has 0 unspecified atom stereocenters. The molecule has 9 rings (SSSR count). The molecule has 0 saturated carbocycles. The fourth-order valence-corrected chi connectivity index (χ4v) is 6.86. The summed E-state index contributed by atoms with van der Waals surface area (Å²) >= 11 is 0. The summed E-state index contributed by atoms with van der Waals surface area (Å²) in [6.07, 6.45) is 0. The third-order valence-electron chi connectivity index (χ3n) is 8.54. The maximum absolute atomic E-state index is 2.43. The van der Waals surface area contributed by atoms with E-state index in [0.717, 1.165) is 0 Å². The zero-order valence-electron chi connectivity index (χ0n) is 21.2. The normalized spacial score (nSPS) is 12.1. The Labute approximate surface area is 226 Å². The van der Waals surface area contributed by atoms with Crippen molar-refractivity contribution in [2.24, 2.45) is 0 Å². The van der Waals surface area contributed by atoms with Gasteiger partial charge in [-0.05, 0) is 73.8 Å². The molecule has 1 heteroatoms. The van der Waals surface area contributed by atoms with E-state index in [1.807, 2.05) is 0 Å². The van der Waals surface area contributed by atoms with Gasteiger partial charge in [-0.3, -0.25) is 0 Å². The van der Waals surface area contributed by atoms with Gasteiger partial charge in [0.05, 0.1) is 16.7 Å². The van der Waals surface area contributed by atoms with Crippen molar-refractivity contribution in [1.82, 2.24) is 4.57 Å². The number of benzene rings is 7. The summed E-state index contributed by atoms with van der Waals surface area (Å²) in [6, 6.07) is 51.2. The van der Waals surface area contributed by atoms with Crippen molar-refractivity contribution in [3.05, 3.63) is 140 Å². The lowest BCUT2D eigenvalue weighted by Gasteiger charge is -2.12. The minimum absolute atomic E-state index is 1.22. The summed E-state index contributed by atoms with van der Waals surface area (Å²) in [5.41, 5.74) is 11.6. The molecular weight excluding hydrogens is 470 g/mol. The Morgan fingerprint density at radius 2 is 0.974 bits per heavy atom. The average Bonchev–Trinajstić information content (AvgIpc) is 3.51. The smallest absolute Gasteiger partial charge is 0.0541 e. The molecule has 1 aliphatic rings. The van der Waals surface area contributed by atoms with E-state index >= 15 is 0 Å². The van der Waals surface area contributed by atoms with E-state index < -0.39 is 0 Å². The standard InChI is InChI=1S/C38H23N/c1-2-11-27-24(9-1)10-7-18-35(27)39-36-17-6-5-14-30(36)34-23-25(19-22-37(34)39)26-20-21-33-29-13-4-3-12-28(29)32-16-8-15-31(26)38(32)33/h1-23H. The van der Waals surface area contributed by atoms with Crippen molar-refractivity contribution in [3.63, 3.8) is 0 Å². The number of para-hydroxylation sites is 1. The molecule has 7 aromatic carbocycles. The summed E-state index contributed by atoms with van der Waals surface area (Å²) < 4.78 is 2.43. The topological polar surface area (TPSA) is 4.93 Å². The highest BCUT2D eigenvalue weighted by Crippen LogP contribution is 2.49. The minimum atomic E-state index is 1.22. The molecule has 180 valence electrons. The predicted molar refractivity (Wildman–Crippen MR) is 166 cm³/mol. The second-order valence-corrected chi connectivity index (χ2v) is 10.5. The molecule has 0 N–H and O–H groups in total. The fourth-order valence-electron chi connectivity index (χ4n) is 6.86. The van der Waals surface area contributed by atoms with Crippen LogP contribution in [0.1, 0.15) is 0 Å². The van der Waals surface area contributed by atoms with Crippen LogP contribution in [0.3, 0.4) is 0 Å². The molecule has 0 fully saturated rings. The zero-order chi connectivity index (χ0) is 25.5. The first-order valence-electron chi connectivity index (χ1n) is 13.5. The third-order valence-corrected chi connectivity index (χ3v) is 8.54. The first-order valence-corrected chi connectivity index (χ1v) is 13.5. The van der Waals surface area contributed by atoms with Crippen molar-refractivity contribution in [2.75, 3.05) is 0 Å². The molecule has 1 nitrogen and oxygen atoms in total. The van der Waals surface area contributed by atoms with Gasteiger partial charge in [-0.2, -0.15) is 0 Å². The van der Waals surface area contributed by atoms with Crippen LogP contribution in [0, 0.1) is 0 Å². The van der Waals surface area contributed by atoms with Crippen molar-refractivity contribution in [1.29, 1.82) is 0 Å². The van der Waals surface area contributed by atoms with E-state index in [1.165, 1.54) is 82.4 Å². The molecule has 0 saturated heterocycles. The summed E-state index contributed by atoms with van der Waals surface area (Å²) in [7, 11) is 0. The SMILES string of the molecule is c1ccc2c(c1)-c1cccc3c(-c4ccc5c(c4)c4ccccc4n5-c4cccc5ccccc45)ccc-2c13. The van der Waals surface area contributed by atoms with Crippen LogP contribution in [-0.2, 0) is 0 Å². The number of rotatable bonds is 2. The molecule has 1 aromatic heterocycles.